The molecular formula is C33H47N7O7. The van der Waals surface area contributed by atoms with Gasteiger partial charge in [-0.1, -0.05) is 45.0 Å². The van der Waals surface area contributed by atoms with Crippen molar-refractivity contribution >= 4 is 18.1 Å². The van der Waals surface area contributed by atoms with Crippen molar-refractivity contribution in [1.29, 1.82) is 0 Å². The van der Waals surface area contributed by atoms with Crippen molar-refractivity contribution in [3.8, 4) is 11.4 Å². The van der Waals surface area contributed by atoms with Gasteiger partial charge in [-0.05, 0) is 68.0 Å². The quantitative estimate of drug-likeness (QED) is 0.201. The summed E-state index contributed by atoms with van der Waals surface area (Å²) in [6, 6.07) is 12.9. The minimum Gasteiger partial charge on any atom is -0.497 e. The highest BCUT2D eigenvalue weighted by Gasteiger charge is 2.35. The lowest BCUT2D eigenvalue weighted by atomic mass is 9.86. The van der Waals surface area contributed by atoms with Gasteiger partial charge in [0.1, 0.15) is 30.0 Å². The second kappa shape index (κ2) is 16.2. The second-order valence-corrected chi connectivity index (χ2v) is 13.2. The number of hydrogen-bond acceptors (Lipinski definition) is 10. The molecule has 0 aliphatic rings. The van der Waals surface area contributed by atoms with E-state index in [0.717, 1.165) is 16.8 Å². The van der Waals surface area contributed by atoms with Crippen molar-refractivity contribution in [2.24, 2.45) is 5.41 Å². The molecule has 0 fully saturated rings. The number of hydrogen-bond donors (Lipinski definition) is 4. The van der Waals surface area contributed by atoms with Gasteiger partial charge in [0.25, 0.3) is 5.91 Å². The Hall–Kier alpha value is -4.69. The Morgan fingerprint density at radius 2 is 1.55 bits per heavy atom. The zero-order chi connectivity index (χ0) is 34.8. The lowest BCUT2D eigenvalue weighted by Gasteiger charge is -2.34. The number of amides is 3. The second-order valence-electron chi connectivity index (χ2n) is 13.2. The first-order valence-corrected chi connectivity index (χ1v) is 15.2. The molecule has 3 aromatic rings. The molecule has 1 aromatic heterocycles. The van der Waals surface area contributed by atoms with Crippen molar-refractivity contribution in [1.82, 2.24) is 35.8 Å². The van der Waals surface area contributed by atoms with E-state index < -0.39 is 47.3 Å². The molecule has 14 nitrogen and oxygen atoms in total. The largest absolute Gasteiger partial charge is 0.497 e. The number of carbonyl (C=O) groups is 3. The Balaban J connectivity index is 1.90. The van der Waals surface area contributed by atoms with Crippen LogP contribution in [-0.4, -0.2) is 87.5 Å². The van der Waals surface area contributed by atoms with Gasteiger partial charge in [0.05, 0.1) is 32.1 Å². The number of hydrazine groups is 1. The van der Waals surface area contributed by atoms with Crippen LogP contribution in [0.4, 0.5) is 9.59 Å². The SMILES string of the molecule is COC(=O)NC(C(=O)NN(Cc1ccc(-n2cncn2)cc1)C[C@H](O)[C@H](Cc1ccc(OC)cc1)NC(=O)OC(C)(C)C)C(C)(C)C. The predicted molar refractivity (Wildman–Crippen MR) is 175 cm³/mol. The van der Waals surface area contributed by atoms with Gasteiger partial charge < -0.3 is 30.0 Å². The fraction of sp³-hybridized carbons (Fsp3) is 0.485. The highest BCUT2D eigenvalue weighted by Crippen LogP contribution is 2.21. The molecule has 3 rings (SSSR count). The number of ether oxygens (including phenoxy) is 3. The summed E-state index contributed by atoms with van der Waals surface area (Å²) < 4.78 is 17.1. The van der Waals surface area contributed by atoms with Crippen LogP contribution in [-0.2, 0) is 27.2 Å². The average Bonchev–Trinajstić information content (AvgIpc) is 3.53. The van der Waals surface area contributed by atoms with Gasteiger partial charge >= 0.3 is 12.2 Å². The molecule has 0 aliphatic heterocycles. The van der Waals surface area contributed by atoms with Crippen LogP contribution in [0, 0.1) is 5.41 Å². The number of nitrogens with one attached hydrogen (secondary N) is 3. The van der Waals surface area contributed by atoms with Crippen molar-refractivity contribution in [3.05, 3.63) is 72.3 Å². The van der Waals surface area contributed by atoms with E-state index in [4.69, 9.17) is 14.2 Å². The molecule has 3 atom stereocenters. The number of alkyl carbamates (subject to hydrolysis) is 2. The van der Waals surface area contributed by atoms with Crippen molar-refractivity contribution in [3.63, 3.8) is 0 Å². The van der Waals surface area contributed by atoms with Crippen LogP contribution in [0.2, 0.25) is 0 Å². The Bertz CT molecular complexity index is 1430. The van der Waals surface area contributed by atoms with E-state index in [9.17, 15) is 19.5 Å². The lowest BCUT2D eigenvalue weighted by molar-refractivity contribution is -0.131. The van der Waals surface area contributed by atoms with E-state index in [1.54, 1.807) is 56.0 Å². The maximum Gasteiger partial charge on any atom is 0.407 e. The van der Waals surface area contributed by atoms with Crippen molar-refractivity contribution in [2.75, 3.05) is 20.8 Å². The Morgan fingerprint density at radius 1 is 0.915 bits per heavy atom. The van der Waals surface area contributed by atoms with Crippen LogP contribution in [0.15, 0.2) is 61.2 Å². The molecule has 47 heavy (non-hydrogen) atoms. The highest BCUT2D eigenvalue weighted by atomic mass is 16.6. The maximum atomic E-state index is 13.7. The summed E-state index contributed by atoms with van der Waals surface area (Å²) in [6.07, 6.45) is 0.656. The molecular weight excluding hydrogens is 606 g/mol. The molecule has 1 heterocycles. The zero-order valence-corrected chi connectivity index (χ0v) is 28.3. The highest BCUT2D eigenvalue weighted by molar-refractivity contribution is 5.86. The van der Waals surface area contributed by atoms with E-state index in [2.05, 4.69) is 26.1 Å². The van der Waals surface area contributed by atoms with Gasteiger partial charge in [-0.3, -0.25) is 10.2 Å². The summed E-state index contributed by atoms with van der Waals surface area (Å²) in [5, 5.41) is 22.7. The molecule has 1 unspecified atom stereocenters. The van der Waals surface area contributed by atoms with Gasteiger partial charge in [0.15, 0.2) is 0 Å². The third kappa shape index (κ3) is 11.9. The molecule has 0 spiro atoms. The Labute approximate surface area is 275 Å². The van der Waals surface area contributed by atoms with Crippen LogP contribution >= 0.6 is 0 Å². The third-order valence-corrected chi connectivity index (χ3v) is 7.03. The van der Waals surface area contributed by atoms with E-state index >= 15 is 0 Å². The number of nitrogens with zero attached hydrogens (tertiary/aromatic N) is 4. The number of aromatic nitrogens is 3. The van der Waals surface area contributed by atoms with Gasteiger partial charge in [-0.15, -0.1) is 0 Å². The van der Waals surface area contributed by atoms with E-state index in [1.165, 1.54) is 13.4 Å². The fourth-order valence-corrected chi connectivity index (χ4v) is 4.65. The van der Waals surface area contributed by atoms with Crippen LogP contribution in [0.5, 0.6) is 5.75 Å². The molecule has 2 aromatic carbocycles. The van der Waals surface area contributed by atoms with Gasteiger partial charge in [0, 0.05) is 13.1 Å². The van der Waals surface area contributed by atoms with E-state index in [1.807, 2.05) is 57.2 Å². The van der Waals surface area contributed by atoms with Gasteiger partial charge in [-0.2, -0.15) is 5.10 Å². The molecule has 256 valence electrons. The predicted octanol–water partition coefficient (Wildman–Crippen LogP) is 3.38. The molecule has 14 heteroatoms. The summed E-state index contributed by atoms with van der Waals surface area (Å²) >= 11 is 0. The number of methoxy groups -OCH3 is 2. The van der Waals surface area contributed by atoms with Crippen molar-refractivity contribution < 1.29 is 33.7 Å². The van der Waals surface area contributed by atoms with Crippen LogP contribution in [0.3, 0.4) is 0 Å². The lowest BCUT2D eigenvalue weighted by Crippen LogP contribution is -2.59. The fourth-order valence-electron chi connectivity index (χ4n) is 4.65. The summed E-state index contributed by atoms with van der Waals surface area (Å²) in [7, 11) is 2.79. The Kier molecular flexibility index (Phi) is 12.7. The maximum absolute atomic E-state index is 13.7. The molecule has 0 radical (unpaired) electrons. The third-order valence-electron chi connectivity index (χ3n) is 7.03. The van der Waals surface area contributed by atoms with Crippen LogP contribution < -0.4 is 20.8 Å². The van der Waals surface area contributed by atoms with Crippen LogP contribution in [0.1, 0.15) is 52.7 Å². The molecule has 0 bridgehead atoms. The van der Waals surface area contributed by atoms with Crippen LogP contribution in [0.25, 0.3) is 5.69 Å². The van der Waals surface area contributed by atoms with Gasteiger partial charge in [0.2, 0.25) is 0 Å². The topological polar surface area (TPSA) is 169 Å². The summed E-state index contributed by atoms with van der Waals surface area (Å²) in [6.45, 7) is 10.8. The number of aliphatic hydroxyl groups is 1. The molecule has 0 saturated carbocycles. The standard InChI is InChI=1S/C33H47N7O7/c1-32(2,3)28(37-30(43)46-8)29(42)38-39(18-23-9-13-24(14-10-23)40-21-34-20-35-40)19-27(41)26(36-31(44)47-33(4,5)6)17-22-11-15-25(45-7)16-12-22/h9-16,20-21,26-28,41H,17-19H2,1-8H3,(H,36,44)(H,37,43)(H,38,42)/t26-,27-,28?/m0/s1. The number of aliphatic hydroxyl groups excluding tert-OH is 1. The normalized spacial score (nSPS) is 13.7. The van der Waals surface area contributed by atoms with Crippen molar-refractivity contribution in [2.45, 2.75) is 78.3 Å². The summed E-state index contributed by atoms with van der Waals surface area (Å²) in [5.74, 6) is 0.157. The minimum atomic E-state index is -1.18. The first kappa shape index (κ1) is 36.8. The van der Waals surface area contributed by atoms with E-state index in [0.29, 0.717) is 5.75 Å². The molecule has 0 aliphatic carbocycles. The smallest absolute Gasteiger partial charge is 0.407 e. The van der Waals surface area contributed by atoms with Gasteiger partial charge in [-0.25, -0.2) is 24.3 Å². The molecule has 3 amide bonds. The summed E-state index contributed by atoms with van der Waals surface area (Å²) in [5.41, 5.74) is 3.87. The average molecular weight is 654 g/mol. The molecule has 0 saturated heterocycles. The summed E-state index contributed by atoms with van der Waals surface area (Å²) in [4.78, 5) is 42.6. The van der Waals surface area contributed by atoms with E-state index in [-0.39, 0.29) is 19.5 Å². The number of carbonyl (C=O) groups excluding carboxylic acids is 3. The molecule has 4 N–H and O–H groups in total. The first-order chi connectivity index (χ1) is 22.1. The zero-order valence-electron chi connectivity index (χ0n) is 28.3. The number of rotatable bonds is 13. The first-order valence-electron chi connectivity index (χ1n) is 15.2. The number of benzene rings is 2. The Morgan fingerprint density at radius 3 is 2.09 bits per heavy atom. The minimum absolute atomic E-state index is 0.0950. The monoisotopic (exact) mass is 653 g/mol.